The van der Waals surface area contributed by atoms with Crippen molar-refractivity contribution in [3.63, 3.8) is 0 Å². The zero-order valence-corrected chi connectivity index (χ0v) is 8.52. The fraction of sp³-hybridized carbons (Fsp3) is 0.300. The van der Waals surface area contributed by atoms with Gasteiger partial charge in [-0.05, 0) is 18.1 Å². The Kier molecular flexibility index (Phi) is 4.08. The van der Waals surface area contributed by atoms with Crippen LogP contribution in [0.3, 0.4) is 0 Å². The Hall–Kier alpha value is -0.710. The zero-order valence-electron chi connectivity index (χ0n) is 7.00. The van der Waals surface area contributed by atoms with E-state index >= 15 is 0 Å². The standard InChI is InChI=1S/C10H9Cl2N/c11-6-8(7-13)5-9-3-1-2-4-10(9)12/h1-4,8H,5-6H2. The largest absolute Gasteiger partial charge is 0.198 e. The van der Waals surface area contributed by atoms with Crippen molar-refractivity contribution < 1.29 is 0 Å². The van der Waals surface area contributed by atoms with Gasteiger partial charge in [-0.1, -0.05) is 29.8 Å². The van der Waals surface area contributed by atoms with Crippen molar-refractivity contribution in [1.82, 2.24) is 0 Å². The topological polar surface area (TPSA) is 23.8 Å². The van der Waals surface area contributed by atoms with E-state index in [-0.39, 0.29) is 5.92 Å². The first kappa shape index (κ1) is 10.4. The molecule has 1 rings (SSSR count). The molecule has 0 bridgehead atoms. The average molecular weight is 214 g/mol. The number of hydrogen-bond donors (Lipinski definition) is 0. The van der Waals surface area contributed by atoms with Gasteiger partial charge in [-0.15, -0.1) is 11.6 Å². The van der Waals surface area contributed by atoms with Gasteiger partial charge in [0.1, 0.15) is 0 Å². The van der Waals surface area contributed by atoms with Gasteiger partial charge in [-0.25, -0.2) is 0 Å². The summed E-state index contributed by atoms with van der Waals surface area (Å²) in [6, 6.07) is 9.65. The summed E-state index contributed by atoms with van der Waals surface area (Å²) in [5.41, 5.74) is 0.983. The first-order valence-electron chi connectivity index (χ1n) is 3.97. The molecule has 0 aromatic heterocycles. The summed E-state index contributed by atoms with van der Waals surface area (Å²) in [6.07, 6.45) is 0.625. The summed E-state index contributed by atoms with van der Waals surface area (Å²) in [5.74, 6) is 0.198. The van der Waals surface area contributed by atoms with Crippen LogP contribution in [-0.4, -0.2) is 5.88 Å². The maximum absolute atomic E-state index is 8.70. The van der Waals surface area contributed by atoms with E-state index in [1.54, 1.807) is 0 Å². The van der Waals surface area contributed by atoms with Crippen LogP contribution in [0.4, 0.5) is 0 Å². The van der Waals surface area contributed by atoms with E-state index in [1.807, 2.05) is 24.3 Å². The van der Waals surface area contributed by atoms with E-state index in [2.05, 4.69) is 6.07 Å². The molecule has 0 saturated heterocycles. The Morgan fingerprint density at radius 3 is 2.62 bits per heavy atom. The molecule has 68 valence electrons. The fourth-order valence-electron chi connectivity index (χ4n) is 1.06. The first-order chi connectivity index (χ1) is 6.27. The third-order valence-electron chi connectivity index (χ3n) is 1.79. The Balaban J connectivity index is 2.74. The maximum atomic E-state index is 8.70. The Labute approximate surface area is 87.9 Å². The highest BCUT2D eigenvalue weighted by Gasteiger charge is 2.08. The molecule has 0 saturated carbocycles. The molecule has 0 aliphatic rings. The van der Waals surface area contributed by atoms with Crippen LogP contribution in [0.1, 0.15) is 5.56 Å². The lowest BCUT2D eigenvalue weighted by atomic mass is 10.0. The monoisotopic (exact) mass is 213 g/mol. The van der Waals surface area contributed by atoms with Crippen LogP contribution in [0, 0.1) is 17.2 Å². The van der Waals surface area contributed by atoms with E-state index in [9.17, 15) is 0 Å². The van der Waals surface area contributed by atoms with Gasteiger partial charge in [0.05, 0.1) is 12.0 Å². The maximum Gasteiger partial charge on any atom is 0.0671 e. The summed E-state index contributed by atoms with van der Waals surface area (Å²) >= 11 is 11.5. The van der Waals surface area contributed by atoms with Gasteiger partial charge in [0.2, 0.25) is 0 Å². The van der Waals surface area contributed by atoms with Crippen molar-refractivity contribution in [2.45, 2.75) is 6.42 Å². The number of benzene rings is 1. The van der Waals surface area contributed by atoms with Gasteiger partial charge < -0.3 is 0 Å². The van der Waals surface area contributed by atoms with Crippen molar-refractivity contribution in [3.05, 3.63) is 34.9 Å². The Bertz CT molecular complexity index is 317. The molecule has 0 heterocycles. The summed E-state index contributed by atoms with van der Waals surface area (Å²) in [5, 5.41) is 9.40. The molecule has 0 N–H and O–H groups in total. The highest BCUT2D eigenvalue weighted by Crippen LogP contribution is 2.18. The molecule has 0 aliphatic carbocycles. The Morgan fingerprint density at radius 2 is 2.08 bits per heavy atom. The van der Waals surface area contributed by atoms with Gasteiger partial charge in [0.25, 0.3) is 0 Å². The number of nitrogens with zero attached hydrogens (tertiary/aromatic N) is 1. The third-order valence-corrected chi connectivity index (χ3v) is 2.53. The Morgan fingerprint density at radius 1 is 1.38 bits per heavy atom. The SMILES string of the molecule is N#CC(CCl)Cc1ccccc1Cl. The van der Waals surface area contributed by atoms with Crippen LogP contribution in [-0.2, 0) is 6.42 Å². The molecule has 3 heteroatoms. The molecule has 0 spiro atoms. The van der Waals surface area contributed by atoms with Gasteiger partial charge in [0, 0.05) is 10.9 Å². The van der Waals surface area contributed by atoms with E-state index in [4.69, 9.17) is 28.5 Å². The quantitative estimate of drug-likeness (QED) is 0.708. The number of alkyl halides is 1. The van der Waals surface area contributed by atoms with Crippen molar-refractivity contribution in [3.8, 4) is 6.07 Å². The van der Waals surface area contributed by atoms with E-state index < -0.39 is 0 Å². The summed E-state index contributed by atoms with van der Waals surface area (Å²) in [6.45, 7) is 0. The first-order valence-corrected chi connectivity index (χ1v) is 4.88. The predicted octanol–water partition coefficient (Wildman–Crippen LogP) is 3.26. The summed E-state index contributed by atoms with van der Waals surface area (Å²) in [7, 11) is 0. The highest BCUT2D eigenvalue weighted by atomic mass is 35.5. The second kappa shape index (κ2) is 5.11. The third kappa shape index (κ3) is 2.91. The molecule has 13 heavy (non-hydrogen) atoms. The predicted molar refractivity (Wildman–Crippen MR) is 55.0 cm³/mol. The van der Waals surface area contributed by atoms with Crippen molar-refractivity contribution >= 4 is 23.2 Å². The second-order valence-corrected chi connectivity index (χ2v) is 3.49. The van der Waals surface area contributed by atoms with Crippen LogP contribution in [0.5, 0.6) is 0 Å². The molecule has 0 amide bonds. The van der Waals surface area contributed by atoms with E-state index in [0.29, 0.717) is 17.3 Å². The molecule has 1 nitrogen and oxygen atoms in total. The molecule has 0 radical (unpaired) electrons. The minimum absolute atomic E-state index is 0.151. The minimum atomic E-state index is -0.151. The number of nitriles is 1. The molecule has 1 aromatic rings. The van der Waals surface area contributed by atoms with Crippen LogP contribution >= 0.6 is 23.2 Å². The van der Waals surface area contributed by atoms with E-state index in [1.165, 1.54) is 0 Å². The van der Waals surface area contributed by atoms with Crippen LogP contribution < -0.4 is 0 Å². The lowest BCUT2D eigenvalue weighted by molar-refractivity contribution is 0.746. The number of rotatable bonds is 3. The van der Waals surface area contributed by atoms with Gasteiger partial charge in [0.15, 0.2) is 0 Å². The number of hydrogen-bond acceptors (Lipinski definition) is 1. The lowest BCUT2D eigenvalue weighted by Gasteiger charge is -2.06. The van der Waals surface area contributed by atoms with Crippen molar-refractivity contribution in [2.24, 2.45) is 5.92 Å². The number of halogens is 2. The summed E-state index contributed by atoms with van der Waals surface area (Å²) in [4.78, 5) is 0. The van der Waals surface area contributed by atoms with Gasteiger partial charge >= 0.3 is 0 Å². The zero-order chi connectivity index (χ0) is 9.68. The lowest BCUT2D eigenvalue weighted by Crippen LogP contribution is -2.03. The van der Waals surface area contributed by atoms with Crippen molar-refractivity contribution in [2.75, 3.05) is 5.88 Å². The van der Waals surface area contributed by atoms with Gasteiger partial charge in [-0.2, -0.15) is 5.26 Å². The molecule has 1 atom stereocenters. The van der Waals surface area contributed by atoms with Crippen LogP contribution in [0.25, 0.3) is 0 Å². The fourth-order valence-corrected chi connectivity index (χ4v) is 1.46. The van der Waals surface area contributed by atoms with Crippen LogP contribution in [0.2, 0.25) is 5.02 Å². The van der Waals surface area contributed by atoms with E-state index in [0.717, 1.165) is 5.56 Å². The minimum Gasteiger partial charge on any atom is -0.198 e. The normalized spacial score (nSPS) is 12.1. The van der Waals surface area contributed by atoms with Gasteiger partial charge in [-0.3, -0.25) is 0 Å². The highest BCUT2D eigenvalue weighted by molar-refractivity contribution is 6.31. The summed E-state index contributed by atoms with van der Waals surface area (Å²) < 4.78 is 0. The second-order valence-electron chi connectivity index (χ2n) is 2.78. The average Bonchev–Trinajstić information content (AvgIpc) is 2.17. The molecule has 1 aromatic carbocycles. The molecule has 0 aliphatic heterocycles. The van der Waals surface area contributed by atoms with Crippen LogP contribution in [0.15, 0.2) is 24.3 Å². The molecular formula is C10H9Cl2N. The van der Waals surface area contributed by atoms with Crippen molar-refractivity contribution in [1.29, 1.82) is 5.26 Å². The molecule has 1 unspecified atom stereocenters. The molecular weight excluding hydrogens is 205 g/mol. The smallest absolute Gasteiger partial charge is 0.0671 e. The molecule has 0 fully saturated rings.